The lowest BCUT2D eigenvalue weighted by atomic mass is 10.2. The number of fused-ring (bicyclic) bond motifs is 1. The smallest absolute Gasteiger partial charge is 0.338 e. The zero-order valence-electron chi connectivity index (χ0n) is 18.0. The average molecular weight is 544 g/mol. The summed E-state index contributed by atoms with van der Waals surface area (Å²) in [7, 11) is -3.68. The Kier molecular flexibility index (Phi) is 6.28. The number of nitrogens with one attached hydrogen (secondary N) is 2. The monoisotopic (exact) mass is 543 g/mol. The van der Waals surface area contributed by atoms with Crippen LogP contribution in [-0.4, -0.2) is 24.4 Å². The SMILES string of the molecule is CC(OC(=O)c1ccc(NS(=O)(=O)c2cccs2)cc1)c1nc2scc(-c3cccs3)c2c(=O)[nH]1. The van der Waals surface area contributed by atoms with Gasteiger partial charge in [0.25, 0.3) is 15.6 Å². The van der Waals surface area contributed by atoms with Crippen LogP contribution in [0.15, 0.2) is 73.7 Å². The van der Waals surface area contributed by atoms with Crippen LogP contribution in [0.2, 0.25) is 0 Å². The van der Waals surface area contributed by atoms with Gasteiger partial charge in [-0.05, 0) is 54.1 Å². The molecule has 5 rings (SSSR count). The number of sulfonamides is 1. The fourth-order valence-electron chi connectivity index (χ4n) is 3.35. The van der Waals surface area contributed by atoms with Crippen LogP contribution in [0.1, 0.15) is 29.2 Å². The molecule has 178 valence electrons. The molecule has 4 heterocycles. The third-order valence-electron chi connectivity index (χ3n) is 5.05. The van der Waals surface area contributed by atoms with E-state index in [0.29, 0.717) is 15.9 Å². The van der Waals surface area contributed by atoms with Gasteiger partial charge in [0.05, 0.1) is 10.9 Å². The van der Waals surface area contributed by atoms with Crippen LogP contribution in [0.4, 0.5) is 5.69 Å². The highest BCUT2D eigenvalue weighted by molar-refractivity contribution is 7.94. The van der Waals surface area contributed by atoms with E-state index in [1.807, 2.05) is 22.9 Å². The predicted molar refractivity (Wildman–Crippen MR) is 139 cm³/mol. The number of ether oxygens (including phenoxy) is 1. The first kappa shape index (κ1) is 23.4. The van der Waals surface area contributed by atoms with Gasteiger partial charge in [0.2, 0.25) is 0 Å². The first-order chi connectivity index (χ1) is 16.8. The average Bonchev–Trinajstić information content (AvgIpc) is 3.60. The molecule has 1 atom stereocenters. The highest BCUT2D eigenvalue weighted by Crippen LogP contribution is 2.34. The van der Waals surface area contributed by atoms with E-state index < -0.39 is 22.1 Å². The van der Waals surface area contributed by atoms with Crippen LogP contribution in [0.5, 0.6) is 0 Å². The minimum atomic E-state index is -3.68. The Labute approximate surface area is 211 Å². The second kappa shape index (κ2) is 9.38. The molecule has 0 aliphatic carbocycles. The largest absolute Gasteiger partial charge is 0.451 e. The second-order valence-electron chi connectivity index (χ2n) is 7.42. The standard InChI is InChI=1S/C23H17N3O5S4/c1-13(20-24-21(27)19-16(12-34-22(19)25-20)17-4-2-10-32-17)31-23(28)14-6-8-15(9-7-14)26-35(29,30)18-5-3-11-33-18/h2-13,26H,1H3,(H,24,25,27). The number of hydrogen-bond donors (Lipinski definition) is 2. The van der Waals surface area contributed by atoms with Crippen molar-refractivity contribution in [2.45, 2.75) is 17.2 Å². The fraction of sp³-hybridized carbons (Fsp3) is 0.0870. The number of aromatic amines is 1. The molecular formula is C23H17N3O5S4. The molecule has 2 N–H and O–H groups in total. The van der Waals surface area contributed by atoms with Crippen LogP contribution in [-0.2, 0) is 14.8 Å². The third-order valence-corrected chi connectivity index (χ3v) is 9.60. The van der Waals surface area contributed by atoms with Crippen molar-refractivity contribution in [1.29, 1.82) is 0 Å². The molecule has 8 nitrogen and oxygen atoms in total. The normalized spacial score (nSPS) is 12.5. The number of esters is 1. The molecule has 12 heteroatoms. The van der Waals surface area contributed by atoms with E-state index in [2.05, 4.69) is 14.7 Å². The van der Waals surface area contributed by atoms with Gasteiger partial charge in [-0.25, -0.2) is 18.2 Å². The fourth-order valence-corrected chi connectivity index (χ4v) is 7.17. The molecule has 0 aliphatic rings. The zero-order valence-corrected chi connectivity index (χ0v) is 21.3. The second-order valence-corrected chi connectivity index (χ2v) is 12.1. The Morgan fingerprint density at radius 3 is 2.49 bits per heavy atom. The van der Waals surface area contributed by atoms with E-state index in [4.69, 9.17) is 4.74 Å². The summed E-state index contributed by atoms with van der Waals surface area (Å²) in [5.41, 5.74) is 1.09. The van der Waals surface area contributed by atoms with Crippen molar-refractivity contribution in [3.63, 3.8) is 0 Å². The van der Waals surface area contributed by atoms with Gasteiger partial charge in [-0.3, -0.25) is 9.52 Å². The van der Waals surface area contributed by atoms with Gasteiger partial charge in [-0.1, -0.05) is 12.1 Å². The van der Waals surface area contributed by atoms with Crippen LogP contribution in [0.25, 0.3) is 20.7 Å². The number of anilines is 1. The lowest BCUT2D eigenvalue weighted by Gasteiger charge is -2.13. The van der Waals surface area contributed by atoms with Gasteiger partial charge >= 0.3 is 5.97 Å². The number of rotatable bonds is 7. The number of thiophene rings is 3. The van der Waals surface area contributed by atoms with Gasteiger partial charge in [-0.2, -0.15) is 0 Å². The Hall–Kier alpha value is -3.32. The van der Waals surface area contributed by atoms with Crippen molar-refractivity contribution in [1.82, 2.24) is 9.97 Å². The Balaban J connectivity index is 1.30. The summed E-state index contributed by atoms with van der Waals surface area (Å²) >= 11 is 4.01. The highest BCUT2D eigenvalue weighted by Gasteiger charge is 2.20. The molecule has 35 heavy (non-hydrogen) atoms. The first-order valence-corrected chi connectivity index (χ1v) is 14.4. The van der Waals surface area contributed by atoms with Crippen molar-refractivity contribution < 1.29 is 17.9 Å². The summed E-state index contributed by atoms with van der Waals surface area (Å²) in [5.74, 6) is -0.380. The number of nitrogens with zero attached hydrogens (tertiary/aromatic N) is 1. The number of benzene rings is 1. The zero-order chi connectivity index (χ0) is 24.6. The van der Waals surface area contributed by atoms with Crippen LogP contribution in [0, 0.1) is 0 Å². The highest BCUT2D eigenvalue weighted by atomic mass is 32.2. The van der Waals surface area contributed by atoms with Crippen molar-refractivity contribution in [2.24, 2.45) is 0 Å². The molecule has 0 amide bonds. The first-order valence-electron chi connectivity index (χ1n) is 10.2. The Morgan fingerprint density at radius 2 is 1.80 bits per heavy atom. The van der Waals surface area contributed by atoms with Crippen LogP contribution >= 0.6 is 34.0 Å². The summed E-state index contributed by atoms with van der Waals surface area (Å²) < 4.78 is 32.9. The van der Waals surface area contributed by atoms with E-state index in [0.717, 1.165) is 21.8 Å². The third kappa shape index (κ3) is 4.78. The minimum Gasteiger partial charge on any atom is -0.451 e. The molecule has 0 saturated heterocycles. The Morgan fingerprint density at radius 1 is 1.06 bits per heavy atom. The molecule has 5 aromatic rings. The Bertz CT molecular complexity index is 1650. The number of aromatic nitrogens is 2. The van der Waals surface area contributed by atoms with Gasteiger partial charge in [0.1, 0.15) is 9.04 Å². The van der Waals surface area contributed by atoms with Crippen molar-refractivity contribution in [3.05, 3.63) is 86.4 Å². The lowest BCUT2D eigenvalue weighted by Crippen LogP contribution is -2.17. The molecule has 4 aromatic heterocycles. The maximum atomic E-state index is 12.8. The summed E-state index contributed by atoms with van der Waals surface area (Å²) in [6.07, 6.45) is -0.802. The molecule has 0 bridgehead atoms. The van der Waals surface area contributed by atoms with E-state index in [-0.39, 0.29) is 21.2 Å². The molecule has 1 aromatic carbocycles. The molecule has 0 radical (unpaired) electrons. The maximum absolute atomic E-state index is 12.8. The molecule has 0 fully saturated rings. The van der Waals surface area contributed by atoms with Crippen LogP contribution < -0.4 is 10.3 Å². The molecule has 0 spiro atoms. The van der Waals surface area contributed by atoms with Crippen molar-refractivity contribution in [3.8, 4) is 10.4 Å². The molecule has 1 unspecified atom stereocenters. The maximum Gasteiger partial charge on any atom is 0.338 e. The summed E-state index contributed by atoms with van der Waals surface area (Å²) in [6.45, 7) is 1.62. The van der Waals surface area contributed by atoms with E-state index in [9.17, 15) is 18.0 Å². The summed E-state index contributed by atoms with van der Waals surface area (Å²) in [5, 5.41) is 6.03. The van der Waals surface area contributed by atoms with E-state index in [1.54, 1.807) is 29.7 Å². The topological polar surface area (TPSA) is 118 Å². The van der Waals surface area contributed by atoms with Crippen LogP contribution in [0.3, 0.4) is 0 Å². The molecular weight excluding hydrogens is 527 g/mol. The number of hydrogen-bond acceptors (Lipinski definition) is 9. The van der Waals surface area contributed by atoms with Gasteiger partial charge in [-0.15, -0.1) is 34.0 Å². The number of carbonyl (C=O) groups excluding carboxylic acids is 1. The molecule has 0 aliphatic heterocycles. The van der Waals surface area contributed by atoms with E-state index in [1.165, 1.54) is 41.7 Å². The van der Waals surface area contributed by atoms with Crippen molar-refractivity contribution >= 4 is 65.9 Å². The predicted octanol–water partition coefficient (Wildman–Crippen LogP) is 5.49. The molecule has 0 saturated carbocycles. The summed E-state index contributed by atoms with van der Waals surface area (Å²) in [4.78, 5) is 34.2. The van der Waals surface area contributed by atoms with Crippen molar-refractivity contribution in [2.75, 3.05) is 4.72 Å². The lowest BCUT2D eigenvalue weighted by molar-refractivity contribution is 0.0320. The van der Waals surface area contributed by atoms with Gasteiger partial charge in [0, 0.05) is 21.5 Å². The number of H-pyrrole nitrogens is 1. The van der Waals surface area contributed by atoms with E-state index >= 15 is 0 Å². The minimum absolute atomic E-state index is 0.196. The van der Waals surface area contributed by atoms with Gasteiger partial charge in [0.15, 0.2) is 11.9 Å². The van der Waals surface area contributed by atoms with Gasteiger partial charge < -0.3 is 9.72 Å². The summed E-state index contributed by atoms with van der Waals surface area (Å²) in [6, 6.07) is 12.9. The quantitative estimate of drug-likeness (QED) is 0.262. The number of carbonyl (C=O) groups is 1.